The molecular weight excluding hydrogens is 282 g/mol. The molecule has 1 atom stereocenters. The molecule has 0 bridgehead atoms. The largest absolute Gasteiger partial charge is 0.481 e. The summed E-state index contributed by atoms with van der Waals surface area (Å²) in [6.07, 6.45) is -0.544. The molecule has 2 N–H and O–H groups in total. The van der Waals surface area contributed by atoms with Crippen LogP contribution in [0.3, 0.4) is 0 Å². The molecule has 1 heterocycles. The fourth-order valence-electron chi connectivity index (χ4n) is 2.49. The van der Waals surface area contributed by atoms with E-state index in [-0.39, 0.29) is 18.4 Å². The maximum atomic E-state index is 12.4. The summed E-state index contributed by atoms with van der Waals surface area (Å²) in [4.78, 5) is 27.4. The van der Waals surface area contributed by atoms with Crippen molar-refractivity contribution in [3.05, 3.63) is 29.8 Å². The number of hydrogen-bond acceptors (Lipinski definition) is 4. The Kier molecular flexibility index (Phi) is 5.38. The minimum atomic E-state index is -0.544. The lowest BCUT2D eigenvalue weighted by atomic mass is 10.2. The van der Waals surface area contributed by atoms with Crippen molar-refractivity contribution in [2.45, 2.75) is 20.0 Å². The SMILES string of the molecule is Cc1ccccc1OC(C)C(=O)N1CCN(C(=O)CN)CC1. The second-order valence-electron chi connectivity index (χ2n) is 5.44. The van der Waals surface area contributed by atoms with Gasteiger partial charge in [0.2, 0.25) is 5.91 Å². The maximum absolute atomic E-state index is 12.4. The van der Waals surface area contributed by atoms with Gasteiger partial charge in [0.15, 0.2) is 6.10 Å². The van der Waals surface area contributed by atoms with Crippen LogP contribution < -0.4 is 10.5 Å². The Morgan fingerprint density at radius 2 is 1.77 bits per heavy atom. The average molecular weight is 305 g/mol. The first kappa shape index (κ1) is 16.3. The van der Waals surface area contributed by atoms with E-state index in [1.165, 1.54) is 0 Å². The van der Waals surface area contributed by atoms with Crippen molar-refractivity contribution < 1.29 is 14.3 Å². The van der Waals surface area contributed by atoms with Crippen LogP contribution in [-0.2, 0) is 9.59 Å². The van der Waals surface area contributed by atoms with Crippen molar-refractivity contribution in [2.75, 3.05) is 32.7 Å². The van der Waals surface area contributed by atoms with Crippen molar-refractivity contribution in [3.8, 4) is 5.75 Å². The molecule has 1 fully saturated rings. The third kappa shape index (κ3) is 3.76. The van der Waals surface area contributed by atoms with Crippen LogP contribution in [0.5, 0.6) is 5.75 Å². The van der Waals surface area contributed by atoms with Crippen LogP contribution in [0.2, 0.25) is 0 Å². The highest BCUT2D eigenvalue weighted by Crippen LogP contribution is 2.18. The van der Waals surface area contributed by atoms with Crippen LogP contribution in [-0.4, -0.2) is 60.4 Å². The van der Waals surface area contributed by atoms with E-state index in [1.807, 2.05) is 31.2 Å². The predicted molar refractivity (Wildman–Crippen MR) is 83.5 cm³/mol. The number of carbonyl (C=O) groups is 2. The van der Waals surface area contributed by atoms with Gasteiger partial charge < -0.3 is 20.3 Å². The number of piperazine rings is 1. The Balaban J connectivity index is 1.89. The molecule has 2 amide bonds. The van der Waals surface area contributed by atoms with Crippen LogP contribution in [0.1, 0.15) is 12.5 Å². The molecule has 1 aliphatic rings. The van der Waals surface area contributed by atoms with Gasteiger partial charge in [-0.2, -0.15) is 0 Å². The normalized spacial score (nSPS) is 16.3. The van der Waals surface area contributed by atoms with E-state index in [0.717, 1.165) is 11.3 Å². The minimum absolute atomic E-state index is 0.0146. The number of amides is 2. The lowest BCUT2D eigenvalue weighted by molar-refractivity contribution is -0.143. The quantitative estimate of drug-likeness (QED) is 0.873. The highest BCUT2D eigenvalue weighted by atomic mass is 16.5. The van der Waals surface area contributed by atoms with Gasteiger partial charge in [0.05, 0.1) is 6.54 Å². The molecule has 1 saturated heterocycles. The lowest BCUT2D eigenvalue weighted by Crippen LogP contribution is -2.54. The third-order valence-corrected chi connectivity index (χ3v) is 3.86. The molecule has 1 unspecified atom stereocenters. The van der Waals surface area contributed by atoms with Crippen molar-refractivity contribution in [2.24, 2.45) is 5.73 Å². The molecule has 1 aliphatic heterocycles. The molecule has 0 saturated carbocycles. The number of ether oxygens (including phenoxy) is 1. The first-order chi connectivity index (χ1) is 10.5. The van der Waals surface area contributed by atoms with Crippen LogP contribution in [0.4, 0.5) is 0 Å². The summed E-state index contributed by atoms with van der Waals surface area (Å²) >= 11 is 0. The number of nitrogens with two attached hydrogens (primary N) is 1. The number of para-hydroxylation sites is 1. The zero-order chi connectivity index (χ0) is 16.1. The van der Waals surface area contributed by atoms with Gasteiger partial charge in [-0.25, -0.2) is 0 Å². The zero-order valence-corrected chi connectivity index (χ0v) is 13.1. The number of rotatable bonds is 4. The minimum Gasteiger partial charge on any atom is -0.481 e. The number of carbonyl (C=O) groups excluding carboxylic acids is 2. The second-order valence-corrected chi connectivity index (χ2v) is 5.44. The molecule has 1 aromatic rings. The third-order valence-electron chi connectivity index (χ3n) is 3.86. The van der Waals surface area contributed by atoms with E-state index >= 15 is 0 Å². The van der Waals surface area contributed by atoms with Crippen molar-refractivity contribution in [1.29, 1.82) is 0 Å². The Morgan fingerprint density at radius 1 is 1.18 bits per heavy atom. The summed E-state index contributed by atoms with van der Waals surface area (Å²) in [5.41, 5.74) is 6.35. The summed E-state index contributed by atoms with van der Waals surface area (Å²) < 4.78 is 5.76. The van der Waals surface area contributed by atoms with E-state index in [9.17, 15) is 9.59 Å². The molecule has 6 nitrogen and oxygen atoms in total. The summed E-state index contributed by atoms with van der Waals surface area (Å²) in [5.74, 6) is 0.597. The first-order valence-corrected chi connectivity index (χ1v) is 7.52. The highest BCUT2D eigenvalue weighted by Gasteiger charge is 2.27. The summed E-state index contributed by atoms with van der Waals surface area (Å²) in [5, 5.41) is 0. The van der Waals surface area contributed by atoms with Crippen LogP contribution in [0, 0.1) is 6.92 Å². The van der Waals surface area contributed by atoms with Crippen molar-refractivity contribution in [3.63, 3.8) is 0 Å². The number of nitrogens with zero attached hydrogens (tertiary/aromatic N) is 2. The zero-order valence-electron chi connectivity index (χ0n) is 13.1. The van der Waals surface area contributed by atoms with Crippen LogP contribution in [0.15, 0.2) is 24.3 Å². The fraction of sp³-hybridized carbons (Fsp3) is 0.500. The molecule has 0 radical (unpaired) electrons. The molecule has 1 aromatic carbocycles. The second kappa shape index (κ2) is 7.26. The first-order valence-electron chi connectivity index (χ1n) is 7.52. The van der Waals surface area contributed by atoms with E-state index in [4.69, 9.17) is 10.5 Å². The lowest BCUT2D eigenvalue weighted by Gasteiger charge is -2.35. The Morgan fingerprint density at radius 3 is 2.36 bits per heavy atom. The number of aryl methyl sites for hydroxylation is 1. The molecule has 120 valence electrons. The van der Waals surface area contributed by atoms with Gasteiger partial charge in [0.25, 0.3) is 5.91 Å². The fourth-order valence-corrected chi connectivity index (χ4v) is 2.49. The maximum Gasteiger partial charge on any atom is 0.263 e. The van der Waals surface area contributed by atoms with Crippen molar-refractivity contribution in [1.82, 2.24) is 9.80 Å². The van der Waals surface area contributed by atoms with Gasteiger partial charge in [0, 0.05) is 26.2 Å². The Labute approximate surface area is 130 Å². The molecule has 0 aliphatic carbocycles. The van der Waals surface area contributed by atoms with E-state index in [2.05, 4.69) is 0 Å². The van der Waals surface area contributed by atoms with Crippen molar-refractivity contribution >= 4 is 11.8 Å². The number of benzene rings is 1. The van der Waals surface area contributed by atoms with Crippen LogP contribution in [0.25, 0.3) is 0 Å². The smallest absolute Gasteiger partial charge is 0.263 e. The summed E-state index contributed by atoms with van der Waals surface area (Å²) in [7, 11) is 0. The Hall–Kier alpha value is -2.08. The predicted octanol–water partition coefficient (Wildman–Crippen LogP) is 0.392. The van der Waals surface area contributed by atoms with Gasteiger partial charge in [-0.1, -0.05) is 18.2 Å². The summed E-state index contributed by atoms with van der Waals surface area (Å²) in [6, 6.07) is 7.62. The van der Waals surface area contributed by atoms with Gasteiger partial charge in [0.1, 0.15) is 5.75 Å². The number of hydrogen-bond donors (Lipinski definition) is 1. The molecular formula is C16H23N3O3. The molecule has 22 heavy (non-hydrogen) atoms. The molecule has 6 heteroatoms. The van der Waals surface area contributed by atoms with E-state index in [0.29, 0.717) is 26.2 Å². The molecule has 0 aromatic heterocycles. The average Bonchev–Trinajstić information content (AvgIpc) is 2.55. The molecule has 2 rings (SSSR count). The van der Waals surface area contributed by atoms with E-state index in [1.54, 1.807) is 16.7 Å². The topological polar surface area (TPSA) is 75.9 Å². The van der Waals surface area contributed by atoms with Gasteiger partial charge in [-0.05, 0) is 25.5 Å². The molecule has 0 spiro atoms. The van der Waals surface area contributed by atoms with E-state index < -0.39 is 6.10 Å². The van der Waals surface area contributed by atoms with Crippen LogP contribution >= 0.6 is 0 Å². The monoisotopic (exact) mass is 305 g/mol. The van der Waals surface area contributed by atoms with Gasteiger partial charge in [-0.3, -0.25) is 9.59 Å². The standard InChI is InChI=1S/C16H23N3O3/c1-12-5-3-4-6-14(12)22-13(2)16(21)19-9-7-18(8-10-19)15(20)11-17/h3-6,13H,7-11,17H2,1-2H3. The Bertz CT molecular complexity index is 539. The summed E-state index contributed by atoms with van der Waals surface area (Å²) in [6.45, 7) is 5.81. The van der Waals surface area contributed by atoms with Gasteiger partial charge >= 0.3 is 0 Å². The van der Waals surface area contributed by atoms with Gasteiger partial charge in [-0.15, -0.1) is 0 Å². The highest BCUT2D eigenvalue weighted by molar-refractivity contribution is 5.82.